The third-order valence-electron chi connectivity index (χ3n) is 2.70. The summed E-state index contributed by atoms with van der Waals surface area (Å²) in [6, 6.07) is 1.91. The van der Waals surface area contributed by atoms with Crippen molar-refractivity contribution in [1.82, 2.24) is 24.6 Å². The number of hydrogen-bond donors (Lipinski definition) is 1. The van der Waals surface area contributed by atoms with Crippen LogP contribution in [0.25, 0.3) is 16.3 Å². The molecule has 0 radical (unpaired) electrons. The predicted molar refractivity (Wildman–Crippen MR) is 70.5 cm³/mol. The smallest absolute Gasteiger partial charge is 0.181 e. The van der Waals surface area contributed by atoms with E-state index in [0.717, 1.165) is 33.6 Å². The van der Waals surface area contributed by atoms with Gasteiger partial charge in [0.05, 0.1) is 10.6 Å². The third-order valence-corrected chi connectivity index (χ3v) is 3.69. The molecular weight excluding hydrogens is 248 g/mol. The number of rotatable bonds is 1. The summed E-state index contributed by atoms with van der Waals surface area (Å²) in [4.78, 5) is 9.59. The summed E-state index contributed by atoms with van der Waals surface area (Å²) in [5.41, 5.74) is 8.32. The summed E-state index contributed by atoms with van der Waals surface area (Å²) in [6.45, 7) is 5.80. The van der Waals surface area contributed by atoms with Gasteiger partial charge in [-0.05, 0) is 20.8 Å². The molecule has 0 aliphatic carbocycles. The van der Waals surface area contributed by atoms with E-state index in [0.29, 0.717) is 5.13 Å². The highest BCUT2D eigenvalue weighted by atomic mass is 32.1. The number of nitrogen functional groups attached to an aromatic ring is 1. The lowest BCUT2D eigenvalue weighted by Crippen LogP contribution is -1.99. The molecule has 7 heteroatoms. The highest BCUT2D eigenvalue weighted by molar-refractivity contribution is 7.18. The maximum absolute atomic E-state index is 5.73. The molecule has 0 aromatic carbocycles. The van der Waals surface area contributed by atoms with Crippen molar-refractivity contribution in [3.05, 3.63) is 23.3 Å². The van der Waals surface area contributed by atoms with Crippen LogP contribution in [0, 0.1) is 20.8 Å². The maximum atomic E-state index is 5.73. The number of aromatic nitrogens is 5. The lowest BCUT2D eigenvalue weighted by atomic mass is 10.3. The number of nitrogens with two attached hydrogens (primary N) is 1. The summed E-state index contributed by atoms with van der Waals surface area (Å²) in [7, 11) is 0. The fourth-order valence-corrected chi connectivity index (χ4v) is 2.81. The van der Waals surface area contributed by atoms with E-state index in [9.17, 15) is 0 Å². The van der Waals surface area contributed by atoms with Crippen molar-refractivity contribution < 1.29 is 0 Å². The van der Waals surface area contributed by atoms with E-state index in [-0.39, 0.29) is 0 Å². The molecule has 92 valence electrons. The van der Waals surface area contributed by atoms with Crippen molar-refractivity contribution >= 4 is 22.1 Å². The van der Waals surface area contributed by atoms with Crippen LogP contribution in [0.5, 0.6) is 0 Å². The maximum Gasteiger partial charge on any atom is 0.181 e. The Hall–Kier alpha value is -2.02. The Morgan fingerprint density at radius 2 is 1.94 bits per heavy atom. The van der Waals surface area contributed by atoms with Crippen LogP contribution in [0.3, 0.4) is 0 Å². The van der Waals surface area contributed by atoms with Gasteiger partial charge in [-0.15, -0.1) is 10.2 Å². The van der Waals surface area contributed by atoms with Crippen LogP contribution in [-0.2, 0) is 0 Å². The van der Waals surface area contributed by atoms with Crippen molar-refractivity contribution in [1.29, 1.82) is 0 Å². The molecule has 3 aromatic rings. The Morgan fingerprint density at radius 1 is 1.17 bits per heavy atom. The number of aryl methyl sites for hydroxylation is 3. The SMILES string of the molecule is Cc1cc2nnc(-c3sc(N)nc3C)n2c(C)n1. The summed E-state index contributed by atoms with van der Waals surface area (Å²) >= 11 is 1.42. The normalized spacial score (nSPS) is 11.3. The summed E-state index contributed by atoms with van der Waals surface area (Å²) < 4.78 is 1.92. The molecule has 0 fully saturated rings. The number of anilines is 1. The molecule has 0 unspecified atom stereocenters. The topological polar surface area (TPSA) is 82.0 Å². The molecule has 6 nitrogen and oxygen atoms in total. The monoisotopic (exact) mass is 260 g/mol. The lowest BCUT2D eigenvalue weighted by Gasteiger charge is -2.02. The second kappa shape index (κ2) is 3.74. The first-order valence-corrected chi connectivity index (χ1v) is 6.30. The second-order valence-corrected chi connectivity index (χ2v) is 5.16. The molecule has 3 rings (SSSR count). The van der Waals surface area contributed by atoms with Crippen LogP contribution in [0.4, 0.5) is 5.13 Å². The van der Waals surface area contributed by atoms with Crippen molar-refractivity contribution in [2.24, 2.45) is 0 Å². The zero-order chi connectivity index (χ0) is 12.9. The first-order chi connectivity index (χ1) is 8.56. The molecular formula is C11H12N6S. The van der Waals surface area contributed by atoms with E-state index in [1.54, 1.807) is 0 Å². The van der Waals surface area contributed by atoms with Gasteiger partial charge in [0.15, 0.2) is 16.6 Å². The van der Waals surface area contributed by atoms with Gasteiger partial charge in [0.25, 0.3) is 0 Å². The van der Waals surface area contributed by atoms with Crippen LogP contribution in [0.2, 0.25) is 0 Å². The Balaban J connectivity index is 2.34. The molecule has 18 heavy (non-hydrogen) atoms. The van der Waals surface area contributed by atoms with E-state index in [1.807, 2.05) is 31.2 Å². The fraction of sp³-hybridized carbons (Fsp3) is 0.273. The van der Waals surface area contributed by atoms with E-state index >= 15 is 0 Å². The van der Waals surface area contributed by atoms with Gasteiger partial charge in [-0.1, -0.05) is 11.3 Å². The molecule has 0 saturated heterocycles. The van der Waals surface area contributed by atoms with Gasteiger partial charge in [0, 0.05) is 11.8 Å². The molecule has 3 heterocycles. The quantitative estimate of drug-likeness (QED) is 0.721. The van der Waals surface area contributed by atoms with Crippen LogP contribution in [0.15, 0.2) is 6.07 Å². The first kappa shape index (κ1) is 11.1. The molecule has 3 aromatic heterocycles. The molecule has 0 aliphatic heterocycles. The highest BCUT2D eigenvalue weighted by Crippen LogP contribution is 2.30. The molecule has 0 saturated carbocycles. The molecule has 0 amide bonds. The summed E-state index contributed by atoms with van der Waals surface area (Å²) in [5.74, 6) is 1.61. The number of hydrogen-bond acceptors (Lipinski definition) is 6. The minimum Gasteiger partial charge on any atom is -0.375 e. The molecule has 0 bridgehead atoms. The summed E-state index contributed by atoms with van der Waals surface area (Å²) in [6.07, 6.45) is 0. The average molecular weight is 260 g/mol. The number of thiazole rings is 1. The second-order valence-electron chi connectivity index (χ2n) is 4.13. The average Bonchev–Trinajstić information content (AvgIpc) is 2.81. The minimum atomic E-state index is 0.539. The third kappa shape index (κ3) is 1.55. The predicted octanol–water partition coefficient (Wildman–Crippen LogP) is 1.76. The van der Waals surface area contributed by atoms with Gasteiger partial charge in [0.2, 0.25) is 0 Å². The van der Waals surface area contributed by atoms with E-state index in [2.05, 4.69) is 20.2 Å². The highest BCUT2D eigenvalue weighted by Gasteiger charge is 2.16. The Morgan fingerprint density at radius 3 is 2.61 bits per heavy atom. The summed E-state index contributed by atoms with van der Waals surface area (Å²) in [5, 5.41) is 8.95. The van der Waals surface area contributed by atoms with Gasteiger partial charge < -0.3 is 5.73 Å². The van der Waals surface area contributed by atoms with E-state index in [4.69, 9.17) is 5.73 Å². The minimum absolute atomic E-state index is 0.539. The van der Waals surface area contributed by atoms with Gasteiger partial charge in [-0.25, -0.2) is 9.97 Å². The van der Waals surface area contributed by atoms with Crippen LogP contribution >= 0.6 is 11.3 Å². The van der Waals surface area contributed by atoms with Gasteiger partial charge in [0.1, 0.15) is 5.82 Å². The Labute approximate surface area is 108 Å². The first-order valence-electron chi connectivity index (χ1n) is 5.49. The van der Waals surface area contributed by atoms with Crippen LogP contribution in [0.1, 0.15) is 17.2 Å². The molecule has 0 spiro atoms. The standard InChI is InChI=1S/C11H12N6S/c1-5-4-8-15-16-10(17(8)7(3)13-5)9-6(2)14-11(12)18-9/h4H,1-3H3,(H2,12,14). The molecule has 0 atom stereocenters. The van der Waals surface area contributed by atoms with Gasteiger partial charge >= 0.3 is 0 Å². The Kier molecular flexibility index (Phi) is 2.30. The molecule has 0 aliphatic rings. The lowest BCUT2D eigenvalue weighted by molar-refractivity contribution is 0.962. The Bertz CT molecular complexity index is 741. The fourth-order valence-electron chi connectivity index (χ4n) is 2.01. The largest absolute Gasteiger partial charge is 0.375 e. The zero-order valence-electron chi connectivity index (χ0n) is 10.3. The van der Waals surface area contributed by atoms with E-state index in [1.165, 1.54) is 11.3 Å². The van der Waals surface area contributed by atoms with Crippen molar-refractivity contribution in [2.45, 2.75) is 20.8 Å². The number of nitrogens with zero attached hydrogens (tertiary/aromatic N) is 5. The van der Waals surface area contributed by atoms with Gasteiger partial charge in [-0.2, -0.15) is 0 Å². The van der Waals surface area contributed by atoms with Crippen LogP contribution < -0.4 is 5.73 Å². The number of fused-ring (bicyclic) bond motifs is 1. The van der Waals surface area contributed by atoms with Crippen molar-refractivity contribution in [2.75, 3.05) is 5.73 Å². The molecule has 2 N–H and O–H groups in total. The van der Waals surface area contributed by atoms with Crippen molar-refractivity contribution in [3.8, 4) is 10.7 Å². The van der Waals surface area contributed by atoms with Crippen LogP contribution in [-0.4, -0.2) is 24.6 Å². The zero-order valence-corrected chi connectivity index (χ0v) is 11.1. The van der Waals surface area contributed by atoms with E-state index < -0.39 is 0 Å². The van der Waals surface area contributed by atoms with Crippen molar-refractivity contribution in [3.63, 3.8) is 0 Å². The van der Waals surface area contributed by atoms with Gasteiger partial charge in [-0.3, -0.25) is 4.40 Å².